The van der Waals surface area contributed by atoms with E-state index in [1.165, 1.54) is 23.5 Å². The van der Waals surface area contributed by atoms with E-state index < -0.39 is 23.3 Å². The van der Waals surface area contributed by atoms with Crippen LogP contribution in [-0.4, -0.2) is 26.1 Å². The topological polar surface area (TPSA) is 75.9 Å². The molecule has 0 bridgehead atoms. The molecule has 0 spiro atoms. The predicted molar refractivity (Wildman–Crippen MR) is 116 cm³/mol. The molecule has 0 unspecified atom stereocenters. The van der Waals surface area contributed by atoms with Crippen molar-refractivity contribution in [2.75, 3.05) is 0 Å². The summed E-state index contributed by atoms with van der Waals surface area (Å²) >= 11 is 0. The van der Waals surface area contributed by atoms with Crippen LogP contribution < -0.4 is 10.1 Å². The number of nitrogens with one attached hydrogen (secondary N) is 1. The van der Waals surface area contributed by atoms with Gasteiger partial charge in [0.2, 0.25) is 0 Å². The Labute approximate surface area is 185 Å². The fourth-order valence-electron chi connectivity index (χ4n) is 3.39. The molecule has 0 saturated heterocycles. The molecule has 0 aliphatic rings. The summed E-state index contributed by atoms with van der Waals surface area (Å²) in [5.41, 5.74) is -0.428. The number of imidazole rings is 1. The monoisotopic (exact) mass is 441 g/mol. The van der Waals surface area contributed by atoms with Crippen LogP contribution in [0.25, 0.3) is 5.65 Å². The van der Waals surface area contributed by atoms with Crippen LogP contribution in [-0.2, 0) is 6.61 Å². The van der Waals surface area contributed by atoms with E-state index in [1.54, 1.807) is 13.1 Å². The number of ether oxygens (including phenoxy) is 1. The molecule has 1 amide bonds. The van der Waals surface area contributed by atoms with Crippen LogP contribution in [0.15, 0.2) is 30.5 Å². The van der Waals surface area contributed by atoms with Crippen molar-refractivity contribution in [3.63, 3.8) is 0 Å². The Kier molecular flexibility index (Phi) is 6.80. The predicted octanol–water partition coefficient (Wildman–Crippen LogP) is 4.11. The number of benzene rings is 1. The number of hydrogen-bond donors (Lipinski definition) is 2. The minimum absolute atomic E-state index is 0.169. The van der Waals surface area contributed by atoms with Gasteiger partial charge in [0.05, 0.1) is 11.3 Å². The molecule has 0 radical (unpaired) electrons. The Hall–Kier alpha value is -3.44. The van der Waals surface area contributed by atoms with Gasteiger partial charge in [-0.25, -0.2) is 13.8 Å². The van der Waals surface area contributed by atoms with Crippen LogP contribution in [0, 0.1) is 30.9 Å². The second-order valence-corrected chi connectivity index (χ2v) is 7.80. The third-order valence-corrected chi connectivity index (χ3v) is 5.08. The Morgan fingerprint density at radius 3 is 2.69 bits per heavy atom. The maximum absolute atomic E-state index is 14.0. The van der Waals surface area contributed by atoms with E-state index >= 15 is 0 Å². The number of aryl methyl sites for hydroxylation is 1. The number of amides is 1. The number of pyridine rings is 1. The highest BCUT2D eigenvalue weighted by atomic mass is 19.1. The number of carbonyl (C=O) groups is 1. The normalized spacial score (nSPS) is 12.9. The number of terminal acetylenes is 1. The molecular formula is C24H25F2N3O3. The lowest BCUT2D eigenvalue weighted by molar-refractivity contribution is 0.0143. The first-order valence-corrected chi connectivity index (χ1v) is 10.3. The lowest BCUT2D eigenvalue weighted by Crippen LogP contribution is -2.46. The van der Waals surface area contributed by atoms with Gasteiger partial charge in [0.15, 0.2) is 11.4 Å². The molecule has 1 atom stereocenters. The van der Waals surface area contributed by atoms with Crippen molar-refractivity contribution in [2.24, 2.45) is 0 Å². The van der Waals surface area contributed by atoms with Gasteiger partial charge in [0.25, 0.3) is 5.91 Å². The summed E-state index contributed by atoms with van der Waals surface area (Å²) in [6.45, 7) is 4.77. The van der Waals surface area contributed by atoms with Gasteiger partial charge in [-0.15, -0.1) is 6.42 Å². The molecule has 3 aromatic rings. The van der Waals surface area contributed by atoms with Crippen LogP contribution in [0.2, 0.25) is 0 Å². The summed E-state index contributed by atoms with van der Waals surface area (Å²) in [7, 11) is 0. The number of hydrogen-bond acceptors (Lipinski definition) is 4. The van der Waals surface area contributed by atoms with Crippen molar-refractivity contribution in [3.8, 4) is 18.1 Å². The molecule has 0 saturated carbocycles. The zero-order valence-electron chi connectivity index (χ0n) is 18.2. The molecule has 8 heteroatoms. The maximum Gasteiger partial charge on any atom is 0.272 e. The first kappa shape index (κ1) is 23.2. The molecule has 32 heavy (non-hydrogen) atoms. The molecular weight excluding hydrogens is 416 g/mol. The molecule has 1 aromatic carbocycles. The highest BCUT2D eigenvalue weighted by Gasteiger charge is 2.27. The van der Waals surface area contributed by atoms with Crippen molar-refractivity contribution in [1.29, 1.82) is 0 Å². The number of unbranched alkanes of at least 4 members (excludes halogenated alkanes) is 1. The second-order valence-electron chi connectivity index (χ2n) is 7.80. The van der Waals surface area contributed by atoms with Gasteiger partial charge in [0, 0.05) is 17.8 Å². The summed E-state index contributed by atoms with van der Waals surface area (Å²) in [5, 5.41) is 13.1. The lowest BCUT2D eigenvalue weighted by Gasteiger charge is -2.24. The van der Waals surface area contributed by atoms with Crippen molar-refractivity contribution >= 4 is 11.6 Å². The van der Waals surface area contributed by atoms with Crippen LogP contribution in [0.4, 0.5) is 8.78 Å². The van der Waals surface area contributed by atoms with Crippen molar-refractivity contribution in [3.05, 3.63) is 64.6 Å². The second kappa shape index (κ2) is 9.37. The average molecular weight is 441 g/mol. The Bertz CT molecular complexity index is 1180. The number of nitrogens with zero attached hydrogens (tertiary/aromatic N) is 2. The molecule has 0 aliphatic carbocycles. The van der Waals surface area contributed by atoms with Crippen LogP contribution in [0.1, 0.15) is 60.4 Å². The molecule has 0 fully saturated rings. The number of aromatic nitrogens is 2. The van der Waals surface area contributed by atoms with Crippen molar-refractivity contribution < 1.29 is 23.4 Å². The maximum atomic E-state index is 14.0. The third kappa shape index (κ3) is 4.89. The Balaban J connectivity index is 1.98. The first-order chi connectivity index (χ1) is 15.2. The molecule has 3 rings (SSSR count). The summed E-state index contributed by atoms with van der Waals surface area (Å²) in [6.07, 6.45) is 9.10. The van der Waals surface area contributed by atoms with Gasteiger partial charge in [-0.3, -0.25) is 9.20 Å². The van der Waals surface area contributed by atoms with E-state index in [0.29, 0.717) is 17.7 Å². The van der Waals surface area contributed by atoms with Gasteiger partial charge in [-0.1, -0.05) is 25.3 Å². The summed E-state index contributed by atoms with van der Waals surface area (Å²) < 4.78 is 35.1. The minimum Gasteiger partial charge on any atom is -0.485 e. The molecule has 2 aromatic heterocycles. The van der Waals surface area contributed by atoms with E-state index in [4.69, 9.17) is 11.2 Å². The summed E-state index contributed by atoms with van der Waals surface area (Å²) in [5.74, 6) is 0.646. The fraction of sp³-hybridized carbons (Fsp3) is 0.333. The first-order valence-electron chi connectivity index (χ1n) is 10.3. The largest absolute Gasteiger partial charge is 0.485 e. The SMILES string of the molecule is C#Cc1cc(OCc2c(F)cccc2F)c2nc(C)c(C(=O)N[C@](C)(O)CCCC)n2c1. The molecule has 2 heterocycles. The summed E-state index contributed by atoms with van der Waals surface area (Å²) in [6, 6.07) is 5.06. The van der Waals surface area contributed by atoms with Gasteiger partial charge in [-0.05, 0) is 38.8 Å². The van der Waals surface area contributed by atoms with E-state index in [2.05, 4.69) is 16.2 Å². The number of carbonyl (C=O) groups excluding carboxylic acids is 1. The van der Waals surface area contributed by atoms with E-state index in [-0.39, 0.29) is 29.3 Å². The van der Waals surface area contributed by atoms with Crippen molar-refractivity contribution in [1.82, 2.24) is 14.7 Å². The standard InChI is InChI=1S/C24H25F2N3O3/c1-5-7-11-24(4,31)28-23(30)21-15(3)27-22-20(12-16(6-2)13-29(21)22)32-14-17-18(25)9-8-10-19(17)26/h2,8-10,12-13,31H,5,7,11,14H2,1,3-4H3,(H,28,30)/t24-/m1/s1. The lowest BCUT2D eigenvalue weighted by atomic mass is 10.1. The average Bonchev–Trinajstić information content (AvgIpc) is 3.07. The minimum atomic E-state index is -1.39. The fourth-order valence-corrected chi connectivity index (χ4v) is 3.39. The van der Waals surface area contributed by atoms with Crippen LogP contribution >= 0.6 is 0 Å². The van der Waals surface area contributed by atoms with Gasteiger partial charge < -0.3 is 15.2 Å². The highest BCUT2D eigenvalue weighted by molar-refractivity contribution is 5.95. The van der Waals surface area contributed by atoms with Crippen LogP contribution in [0.5, 0.6) is 5.75 Å². The van der Waals surface area contributed by atoms with E-state index in [1.807, 2.05) is 6.92 Å². The zero-order valence-corrected chi connectivity index (χ0v) is 18.2. The quantitative estimate of drug-likeness (QED) is 0.408. The smallest absolute Gasteiger partial charge is 0.272 e. The van der Waals surface area contributed by atoms with E-state index in [9.17, 15) is 18.7 Å². The molecule has 2 N–H and O–H groups in total. The van der Waals surface area contributed by atoms with Gasteiger partial charge >= 0.3 is 0 Å². The highest BCUT2D eigenvalue weighted by Crippen LogP contribution is 2.26. The molecule has 0 aliphatic heterocycles. The third-order valence-electron chi connectivity index (χ3n) is 5.08. The van der Waals surface area contributed by atoms with Crippen molar-refractivity contribution in [2.45, 2.75) is 52.4 Å². The Morgan fingerprint density at radius 2 is 2.06 bits per heavy atom. The Morgan fingerprint density at radius 1 is 1.38 bits per heavy atom. The molecule has 6 nitrogen and oxygen atoms in total. The van der Waals surface area contributed by atoms with Gasteiger partial charge in [0.1, 0.15) is 29.7 Å². The zero-order chi connectivity index (χ0) is 23.5. The number of fused-ring (bicyclic) bond motifs is 1. The summed E-state index contributed by atoms with van der Waals surface area (Å²) in [4.78, 5) is 17.4. The number of rotatable bonds is 8. The molecule has 168 valence electrons. The van der Waals surface area contributed by atoms with Gasteiger partial charge in [-0.2, -0.15) is 0 Å². The van der Waals surface area contributed by atoms with Crippen LogP contribution in [0.3, 0.4) is 0 Å². The van der Waals surface area contributed by atoms with E-state index in [0.717, 1.165) is 25.0 Å². The number of halogens is 2. The number of aliphatic hydroxyl groups is 1.